The molecule has 0 saturated carbocycles. The molecule has 2 heteroatoms. The zero-order valence-electron chi connectivity index (χ0n) is 6.82. The highest BCUT2D eigenvalue weighted by molar-refractivity contribution is 5.61. The SMILES string of the molecule is CO/C(=C/C#N)c1ccccc1. The molecule has 0 heterocycles. The van der Waals surface area contributed by atoms with Gasteiger partial charge in [0.05, 0.1) is 19.3 Å². The molecule has 0 N–H and O–H groups in total. The molecule has 2 nitrogen and oxygen atoms in total. The summed E-state index contributed by atoms with van der Waals surface area (Å²) in [5.74, 6) is 0.595. The van der Waals surface area contributed by atoms with Crippen LogP contribution in [0.4, 0.5) is 0 Å². The number of nitriles is 1. The Bertz CT molecular complexity index is 308. The molecular weight excluding hydrogens is 150 g/mol. The summed E-state index contributed by atoms with van der Waals surface area (Å²) in [6.07, 6.45) is 1.38. The molecule has 0 aromatic heterocycles. The third kappa shape index (κ3) is 1.86. The molecule has 0 unspecified atom stereocenters. The van der Waals surface area contributed by atoms with Gasteiger partial charge < -0.3 is 4.74 Å². The standard InChI is InChI=1S/C10H9NO/c1-12-10(7-8-11)9-5-3-2-4-6-9/h2-7H,1H3/b10-7+. The highest BCUT2D eigenvalue weighted by Crippen LogP contribution is 2.13. The largest absolute Gasteiger partial charge is 0.495 e. The van der Waals surface area contributed by atoms with E-state index in [1.54, 1.807) is 7.11 Å². The Morgan fingerprint density at radius 1 is 1.42 bits per heavy atom. The van der Waals surface area contributed by atoms with Crippen LogP contribution in [0.2, 0.25) is 0 Å². The lowest BCUT2D eigenvalue weighted by molar-refractivity contribution is 0.370. The fraction of sp³-hybridized carbons (Fsp3) is 0.100. The minimum atomic E-state index is 0.595. The van der Waals surface area contributed by atoms with Crippen molar-refractivity contribution in [3.05, 3.63) is 42.0 Å². The highest BCUT2D eigenvalue weighted by atomic mass is 16.5. The first-order valence-electron chi connectivity index (χ1n) is 3.57. The van der Waals surface area contributed by atoms with Crippen LogP contribution in [-0.2, 0) is 4.74 Å². The molecule has 0 atom stereocenters. The van der Waals surface area contributed by atoms with E-state index in [-0.39, 0.29) is 0 Å². The number of rotatable bonds is 2. The summed E-state index contributed by atoms with van der Waals surface area (Å²) in [4.78, 5) is 0. The molecule has 0 radical (unpaired) electrons. The van der Waals surface area contributed by atoms with Gasteiger partial charge in [0.25, 0.3) is 0 Å². The monoisotopic (exact) mass is 159 g/mol. The van der Waals surface area contributed by atoms with E-state index in [1.807, 2.05) is 36.4 Å². The number of benzene rings is 1. The van der Waals surface area contributed by atoms with Crippen molar-refractivity contribution >= 4 is 5.76 Å². The lowest BCUT2D eigenvalue weighted by Gasteiger charge is -2.02. The third-order valence-electron chi connectivity index (χ3n) is 1.47. The van der Waals surface area contributed by atoms with E-state index in [2.05, 4.69) is 0 Å². The fourth-order valence-corrected chi connectivity index (χ4v) is 0.921. The van der Waals surface area contributed by atoms with E-state index in [1.165, 1.54) is 6.08 Å². The average Bonchev–Trinajstić information content (AvgIpc) is 2.15. The zero-order valence-corrected chi connectivity index (χ0v) is 6.82. The van der Waals surface area contributed by atoms with Crippen LogP contribution < -0.4 is 0 Å². The van der Waals surface area contributed by atoms with Crippen LogP contribution in [0, 0.1) is 11.3 Å². The summed E-state index contributed by atoms with van der Waals surface area (Å²) >= 11 is 0. The van der Waals surface area contributed by atoms with Crippen molar-refractivity contribution in [1.29, 1.82) is 5.26 Å². The topological polar surface area (TPSA) is 33.0 Å². The van der Waals surface area contributed by atoms with Gasteiger partial charge in [-0.15, -0.1) is 0 Å². The molecule has 0 aliphatic rings. The summed E-state index contributed by atoms with van der Waals surface area (Å²) in [6, 6.07) is 11.4. The molecule has 1 aromatic rings. The molecule has 12 heavy (non-hydrogen) atoms. The third-order valence-corrected chi connectivity index (χ3v) is 1.47. The van der Waals surface area contributed by atoms with Crippen molar-refractivity contribution in [1.82, 2.24) is 0 Å². The molecule has 0 saturated heterocycles. The van der Waals surface area contributed by atoms with Crippen molar-refractivity contribution in [3.63, 3.8) is 0 Å². The Hall–Kier alpha value is -1.75. The lowest BCUT2D eigenvalue weighted by atomic mass is 10.2. The van der Waals surface area contributed by atoms with E-state index >= 15 is 0 Å². The smallest absolute Gasteiger partial charge is 0.136 e. The predicted molar refractivity (Wildman–Crippen MR) is 47.0 cm³/mol. The maximum absolute atomic E-state index is 8.42. The van der Waals surface area contributed by atoms with E-state index in [9.17, 15) is 0 Å². The number of hydrogen-bond donors (Lipinski definition) is 0. The van der Waals surface area contributed by atoms with Crippen LogP contribution in [0.1, 0.15) is 5.56 Å². The maximum Gasteiger partial charge on any atom is 0.136 e. The Labute approximate surface area is 71.7 Å². The summed E-state index contributed by atoms with van der Waals surface area (Å²) in [6.45, 7) is 0. The number of methoxy groups -OCH3 is 1. The predicted octanol–water partition coefficient (Wildman–Crippen LogP) is 2.20. The number of allylic oxidation sites excluding steroid dienone is 1. The van der Waals surface area contributed by atoms with Gasteiger partial charge >= 0.3 is 0 Å². The molecule has 0 spiro atoms. The first-order valence-corrected chi connectivity index (χ1v) is 3.57. The molecule has 0 aliphatic heterocycles. The normalized spacial score (nSPS) is 10.5. The molecule has 1 rings (SSSR count). The average molecular weight is 159 g/mol. The Morgan fingerprint density at radius 3 is 2.58 bits per heavy atom. The molecule has 1 aromatic carbocycles. The van der Waals surface area contributed by atoms with Crippen LogP contribution in [0.15, 0.2) is 36.4 Å². The molecule has 0 fully saturated rings. The van der Waals surface area contributed by atoms with Crippen molar-refractivity contribution in [2.24, 2.45) is 0 Å². The van der Waals surface area contributed by atoms with E-state index in [0.29, 0.717) is 5.76 Å². The first kappa shape index (κ1) is 8.35. The Kier molecular flexibility index (Phi) is 2.92. The number of ether oxygens (including phenoxy) is 1. The molecule has 60 valence electrons. The quantitative estimate of drug-likeness (QED) is 0.489. The van der Waals surface area contributed by atoms with Gasteiger partial charge in [0, 0.05) is 5.56 Å². The van der Waals surface area contributed by atoms with Gasteiger partial charge in [0.2, 0.25) is 0 Å². The van der Waals surface area contributed by atoms with Gasteiger partial charge in [0.1, 0.15) is 5.76 Å². The molecule has 0 bridgehead atoms. The van der Waals surface area contributed by atoms with Crippen LogP contribution in [0.25, 0.3) is 5.76 Å². The van der Waals surface area contributed by atoms with Crippen LogP contribution in [0.5, 0.6) is 0 Å². The Morgan fingerprint density at radius 2 is 2.08 bits per heavy atom. The molecular formula is C10H9NO. The molecule has 0 amide bonds. The summed E-state index contributed by atoms with van der Waals surface area (Å²) in [7, 11) is 1.55. The summed E-state index contributed by atoms with van der Waals surface area (Å²) in [5, 5.41) is 8.42. The highest BCUT2D eigenvalue weighted by Gasteiger charge is 1.97. The van der Waals surface area contributed by atoms with Crippen LogP contribution >= 0.6 is 0 Å². The van der Waals surface area contributed by atoms with E-state index in [0.717, 1.165) is 5.56 Å². The maximum atomic E-state index is 8.42. The lowest BCUT2D eigenvalue weighted by Crippen LogP contribution is -1.85. The minimum absolute atomic E-state index is 0.595. The van der Waals surface area contributed by atoms with Gasteiger partial charge in [-0.25, -0.2) is 0 Å². The van der Waals surface area contributed by atoms with Crippen molar-refractivity contribution in [2.75, 3.05) is 7.11 Å². The second kappa shape index (κ2) is 4.20. The van der Waals surface area contributed by atoms with Gasteiger partial charge in [-0.2, -0.15) is 5.26 Å². The molecule has 0 aliphatic carbocycles. The van der Waals surface area contributed by atoms with Crippen molar-refractivity contribution < 1.29 is 4.74 Å². The van der Waals surface area contributed by atoms with E-state index in [4.69, 9.17) is 10.00 Å². The van der Waals surface area contributed by atoms with Crippen molar-refractivity contribution in [3.8, 4) is 6.07 Å². The number of hydrogen-bond acceptors (Lipinski definition) is 2. The zero-order chi connectivity index (χ0) is 8.81. The number of nitrogens with zero attached hydrogens (tertiary/aromatic N) is 1. The van der Waals surface area contributed by atoms with Gasteiger partial charge in [0.15, 0.2) is 0 Å². The van der Waals surface area contributed by atoms with Gasteiger partial charge in [-0.05, 0) is 0 Å². The Balaban J connectivity index is 2.98. The summed E-state index contributed by atoms with van der Waals surface area (Å²) < 4.78 is 5.02. The second-order valence-corrected chi connectivity index (χ2v) is 2.21. The van der Waals surface area contributed by atoms with Gasteiger partial charge in [-0.3, -0.25) is 0 Å². The van der Waals surface area contributed by atoms with Gasteiger partial charge in [-0.1, -0.05) is 30.3 Å². The van der Waals surface area contributed by atoms with Crippen molar-refractivity contribution in [2.45, 2.75) is 0 Å². The van der Waals surface area contributed by atoms with Crippen LogP contribution in [-0.4, -0.2) is 7.11 Å². The first-order chi connectivity index (χ1) is 5.88. The second-order valence-electron chi connectivity index (χ2n) is 2.21. The minimum Gasteiger partial charge on any atom is -0.495 e. The fourth-order valence-electron chi connectivity index (χ4n) is 0.921. The summed E-state index contributed by atoms with van der Waals surface area (Å²) in [5.41, 5.74) is 0.918. The van der Waals surface area contributed by atoms with Crippen LogP contribution in [0.3, 0.4) is 0 Å². The van der Waals surface area contributed by atoms with E-state index < -0.39 is 0 Å².